The number of rotatable bonds is 5. The Labute approximate surface area is 159 Å². The van der Waals surface area contributed by atoms with Crippen molar-refractivity contribution in [2.75, 3.05) is 12.4 Å². The van der Waals surface area contributed by atoms with Crippen molar-refractivity contribution in [3.63, 3.8) is 0 Å². The lowest BCUT2D eigenvalue weighted by atomic mass is 10.1. The van der Waals surface area contributed by atoms with Crippen LogP contribution in [-0.2, 0) is 6.54 Å². The molecule has 1 aromatic heterocycles. The minimum absolute atomic E-state index is 0.0929. The van der Waals surface area contributed by atoms with Crippen LogP contribution in [0, 0.1) is 0 Å². The van der Waals surface area contributed by atoms with Crippen LogP contribution in [0.4, 0.5) is 5.69 Å². The Morgan fingerprint density at radius 3 is 2.42 bits per heavy atom. The molecule has 0 saturated carbocycles. The summed E-state index contributed by atoms with van der Waals surface area (Å²) in [5, 5.41) is 2.72. The average molecular weight is 413 g/mol. The Balaban J connectivity index is 1.65. The van der Waals surface area contributed by atoms with Crippen molar-refractivity contribution in [2.24, 2.45) is 0 Å². The van der Waals surface area contributed by atoms with E-state index in [2.05, 4.69) is 21.2 Å². The topological polar surface area (TPSA) is 62.6 Å². The lowest BCUT2D eigenvalue weighted by molar-refractivity contribution is 0.0784. The van der Waals surface area contributed by atoms with E-state index in [1.54, 1.807) is 48.3 Å². The summed E-state index contributed by atoms with van der Waals surface area (Å²) in [6.07, 6.45) is 1.44. The van der Waals surface area contributed by atoms with Crippen molar-refractivity contribution < 1.29 is 14.0 Å². The number of nitrogens with zero attached hydrogens (tertiary/aromatic N) is 1. The normalized spacial score (nSPS) is 10.4. The Kier molecular flexibility index (Phi) is 5.53. The van der Waals surface area contributed by atoms with E-state index in [1.807, 2.05) is 24.3 Å². The van der Waals surface area contributed by atoms with Gasteiger partial charge in [-0.2, -0.15) is 0 Å². The summed E-state index contributed by atoms with van der Waals surface area (Å²) in [4.78, 5) is 26.2. The molecule has 0 bridgehead atoms. The second-order valence-electron chi connectivity index (χ2n) is 5.76. The number of nitrogens with one attached hydrogen (secondary N) is 1. The van der Waals surface area contributed by atoms with Crippen molar-refractivity contribution in [2.45, 2.75) is 6.54 Å². The molecule has 0 atom stereocenters. The van der Waals surface area contributed by atoms with Gasteiger partial charge in [0.2, 0.25) is 0 Å². The molecule has 2 aromatic carbocycles. The molecular weight excluding hydrogens is 396 g/mol. The van der Waals surface area contributed by atoms with Gasteiger partial charge < -0.3 is 14.6 Å². The molecule has 0 aliphatic heterocycles. The predicted octanol–water partition coefficient (Wildman–Crippen LogP) is 4.57. The Morgan fingerprint density at radius 1 is 1.04 bits per heavy atom. The van der Waals surface area contributed by atoms with Crippen LogP contribution in [0.1, 0.15) is 26.5 Å². The zero-order valence-electron chi connectivity index (χ0n) is 14.1. The standard InChI is InChI=1S/C20H17BrN2O3/c1-23(13-15-5-2-3-6-17(15)21)20(25)14-8-10-16(11-9-14)22-19(24)18-7-4-12-26-18/h2-12H,13H2,1H3,(H,22,24). The molecule has 0 unspecified atom stereocenters. The zero-order chi connectivity index (χ0) is 18.5. The highest BCUT2D eigenvalue weighted by atomic mass is 79.9. The SMILES string of the molecule is CN(Cc1ccccc1Br)C(=O)c1ccc(NC(=O)c2ccco2)cc1. The van der Waals surface area contributed by atoms with Gasteiger partial charge in [-0.15, -0.1) is 0 Å². The first-order valence-electron chi connectivity index (χ1n) is 7.98. The molecule has 5 nitrogen and oxygen atoms in total. The average Bonchev–Trinajstić information content (AvgIpc) is 3.18. The van der Waals surface area contributed by atoms with Crippen LogP contribution in [0.3, 0.4) is 0 Å². The third kappa shape index (κ3) is 4.21. The van der Waals surface area contributed by atoms with E-state index in [1.165, 1.54) is 6.26 Å². The van der Waals surface area contributed by atoms with E-state index in [-0.39, 0.29) is 17.6 Å². The number of benzene rings is 2. The maximum absolute atomic E-state index is 12.6. The van der Waals surface area contributed by atoms with Gasteiger partial charge in [0.25, 0.3) is 11.8 Å². The Bertz CT molecular complexity index is 905. The number of carbonyl (C=O) groups is 2. The summed E-state index contributed by atoms with van der Waals surface area (Å²) in [5.74, 6) is -0.192. The van der Waals surface area contributed by atoms with Crippen LogP contribution in [0.2, 0.25) is 0 Å². The molecule has 26 heavy (non-hydrogen) atoms. The van der Waals surface area contributed by atoms with Gasteiger partial charge >= 0.3 is 0 Å². The highest BCUT2D eigenvalue weighted by molar-refractivity contribution is 9.10. The third-order valence-electron chi connectivity index (χ3n) is 3.85. The van der Waals surface area contributed by atoms with Crippen molar-refractivity contribution in [1.29, 1.82) is 0 Å². The highest BCUT2D eigenvalue weighted by Crippen LogP contribution is 2.19. The van der Waals surface area contributed by atoms with E-state index in [0.29, 0.717) is 17.8 Å². The molecule has 6 heteroatoms. The first kappa shape index (κ1) is 17.9. The van der Waals surface area contributed by atoms with Crippen LogP contribution in [0.25, 0.3) is 0 Å². The smallest absolute Gasteiger partial charge is 0.291 e. The summed E-state index contributed by atoms with van der Waals surface area (Å²) in [7, 11) is 1.76. The van der Waals surface area contributed by atoms with Crippen molar-refractivity contribution in [1.82, 2.24) is 4.90 Å². The van der Waals surface area contributed by atoms with Crippen LogP contribution < -0.4 is 5.32 Å². The van der Waals surface area contributed by atoms with Crippen LogP contribution >= 0.6 is 15.9 Å². The summed E-state index contributed by atoms with van der Waals surface area (Å²) in [6, 6.07) is 17.8. The number of carbonyl (C=O) groups excluding carboxylic acids is 2. The minimum atomic E-state index is -0.333. The molecule has 0 saturated heterocycles. The fourth-order valence-corrected chi connectivity index (χ4v) is 2.88. The van der Waals surface area contributed by atoms with Crippen molar-refractivity contribution >= 4 is 33.4 Å². The minimum Gasteiger partial charge on any atom is -0.459 e. The van der Waals surface area contributed by atoms with Crippen molar-refractivity contribution in [3.05, 3.63) is 88.3 Å². The molecular formula is C20H17BrN2O3. The summed E-state index contributed by atoms with van der Waals surface area (Å²) in [5.41, 5.74) is 2.18. The largest absolute Gasteiger partial charge is 0.459 e. The number of hydrogen-bond acceptors (Lipinski definition) is 3. The molecule has 0 fully saturated rings. The predicted molar refractivity (Wildman–Crippen MR) is 103 cm³/mol. The van der Waals surface area contributed by atoms with Crippen LogP contribution in [0.5, 0.6) is 0 Å². The monoisotopic (exact) mass is 412 g/mol. The number of furan rings is 1. The molecule has 2 amide bonds. The lowest BCUT2D eigenvalue weighted by Gasteiger charge is -2.18. The van der Waals surface area contributed by atoms with Gasteiger partial charge in [-0.25, -0.2) is 0 Å². The van der Waals surface area contributed by atoms with E-state index in [4.69, 9.17) is 4.42 Å². The quantitative estimate of drug-likeness (QED) is 0.667. The first-order valence-corrected chi connectivity index (χ1v) is 8.77. The molecule has 0 radical (unpaired) electrons. The van der Waals surface area contributed by atoms with E-state index in [0.717, 1.165) is 10.0 Å². The van der Waals surface area contributed by atoms with Gasteiger partial charge in [-0.05, 0) is 48.0 Å². The van der Waals surface area contributed by atoms with Crippen LogP contribution in [-0.4, -0.2) is 23.8 Å². The number of anilines is 1. The molecule has 1 N–H and O–H groups in total. The molecule has 0 aliphatic rings. The number of hydrogen-bond donors (Lipinski definition) is 1. The van der Waals surface area contributed by atoms with Crippen LogP contribution in [0.15, 0.2) is 75.8 Å². The Morgan fingerprint density at radius 2 is 1.77 bits per heavy atom. The lowest BCUT2D eigenvalue weighted by Crippen LogP contribution is -2.26. The van der Waals surface area contributed by atoms with Gasteiger partial charge in [0, 0.05) is 29.3 Å². The van der Waals surface area contributed by atoms with E-state index in [9.17, 15) is 9.59 Å². The van der Waals surface area contributed by atoms with Gasteiger partial charge in [0.1, 0.15) is 0 Å². The summed E-state index contributed by atoms with van der Waals surface area (Å²) >= 11 is 3.49. The molecule has 3 aromatic rings. The molecule has 0 spiro atoms. The zero-order valence-corrected chi connectivity index (χ0v) is 15.7. The Hall–Kier alpha value is -2.86. The molecule has 0 aliphatic carbocycles. The molecule has 3 rings (SSSR count). The second kappa shape index (κ2) is 8.01. The highest BCUT2D eigenvalue weighted by Gasteiger charge is 2.14. The molecule has 1 heterocycles. The van der Waals surface area contributed by atoms with Gasteiger partial charge in [-0.1, -0.05) is 34.1 Å². The number of amides is 2. The van der Waals surface area contributed by atoms with Gasteiger partial charge in [-0.3, -0.25) is 9.59 Å². The summed E-state index contributed by atoms with van der Waals surface area (Å²) < 4.78 is 6.02. The maximum atomic E-state index is 12.6. The van der Waals surface area contributed by atoms with Crippen molar-refractivity contribution in [3.8, 4) is 0 Å². The fourth-order valence-electron chi connectivity index (χ4n) is 2.47. The first-order chi connectivity index (χ1) is 12.5. The third-order valence-corrected chi connectivity index (χ3v) is 4.62. The summed E-state index contributed by atoms with van der Waals surface area (Å²) in [6.45, 7) is 0.497. The van der Waals surface area contributed by atoms with Gasteiger partial charge in [0.15, 0.2) is 5.76 Å². The van der Waals surface area contributed by atoms with E-state index >= 15 is 0 Å². The fraction of sp³-hybridized carbons (Fsp3) is 0.100. The van der Waals surface area contributed by atoms with E-state index < -0.39 is 0 Å². The number of halogens is 1. The second-order valence-corrected chi connectivity index (χ2v) is 6.62. The van der Waals surface area contributed by atoms with Gasteiger partial charge in [0.05, 0.1) is 6.26 Å². The maximum Gasteiger partial charge on any atom is 0.291 e. The molecule has 132 valence electrons.